The Morgan fingerprint density at radius 1 is 1.16 bits per heavy atom. The number of esters is 2. The van der Waals surface area contributed by atoms with Crippen molar-refractivity contribution in [1.82, 2.24) is 0 Å². The minimum Gasteiger partial charge on any atom is -0.503 e. The van der Waals surface area contributed by atoms with Gasteiger partial charge in [0.05, 0.1) is 47.5 Å². The zero-order chi connectivity index (χ0) is 27.7. The van der Waals surface area contributed by atoms with E-state index in [-0.39, 0.29) is 5.57 Å². The Morgan fingerprint density at radius 3 is 2.27 bits per heavy atom. The highest BCUT2D eigenvalue weighted by atomic mass is 79.9. The van der Waals surface area contributed by atoms with Gasteiger partial charge in [0.2, 0.25) is 5.75 Å². The van der Waals surface area contributed by atoms with Crippen LogP contribution in [-0.2, 0) is 19.1 Å². The largest absolute Gasteiger partial charge is 0.573 e. The molecule has 0 radical (unpaired) electrons. The maximum absolute atomic E-state index is 14.5. The summed E-state index contributed by atoms with van der Waals surface area (Å²) in [6, 6.07) is 10.5. The molecule has 0 bridgehead atoms. The lowest BCUT2D eigenvalue weighted by molar-refractivity contribution is -0.276. The Labute approximate surface area is 215 Å². The second-order valence-electron chi connectivity index (χ2n) is 7.25. The van der Waals surface area contributed by atoms with E-state index in [0.29, 0.717) is 10.5 Å². The summed E-state index contributed by atoms with van der Waals surface area (Å²) in [6.07, 6.45) is -5.42. The van der Waals surface area contributed by atoms with Gasteiger partial charge in [0, 0.05) is 0 Å². The fourth-order valence-corrected chi connectivity index (χ4v) is 4.12. The SMILES string of the molecule is COC(=O)C1=C(C(=O)OC)N(c2cc(Br)c(F)c(OC(F)(F)F)c2O)C(N)=C(C#N)C1c1ccccc1. The van der Waals surface area contributed by atoms with Crippen LogP contribution in [0.5, 0.6) is 11.5 Å². The van der Waals surface area contributed by atoms with Crippen LogP contribution >= 0.6 is 15.9 Å². The van der Waals surface area contributed by atoms with E-state index in [1.165, 1.54) is 12.1 Å². The molecular weight excluding hydrogens is 570 g/mol. The topological polar surface area (TPSA) is 135 Å². The van der Waals surface area contributed by atoms with E-state index >= 15 is 0 Å². The molecule has 1 unspecified atom stereocenters. The van der Waals surface area contributed by atoms with Crippen LogP contribution in [0, 0.1) is 17.1 Å². The van der Waals surface area contributed by atoms with E-state index in [4.69, 9.17) is 15.2 Å². The van der Waals surface area contributed by atoms with Gasteiger partial charge in [0.25, 0.3) is 0 Å². The molecule has 194 valence electrons. The lowest BCUT2D eigenvalue weighted by Gasteiger charge is -2.36. The van der Waals surface area contributed by atoms with Gasteiger partial charge >= 0.3 is 18.3 Å². The third-order valence-corrected chi connectivity index (χ3v) is 5.78. The number of aromatic hydroxyl groups is 1. The summed E-state index contributed by atoms with van der Waals surface area (Å²) in [5.41, 5.74) is 4.28. The number of benzene rings is 2. The molecule has 0 fully saturated rings. The van der Waals surface area contributed by atoms with Gasteiger partial charge in [-0.2, -0.15) is 5.26 Å². The van der Waals surface area contributed by atoms with Crippen LogP contribution in [0.2, 0.25) is 0 Å². The first kappa shape index (κ1) is 27.3. The molecule has 0 aromatic heterocycles. The molecule has 1 atom stereocenters. The molecule has 1 aliphatic heterocycles. The predicted molar refractivity (Wildman–Crippen MR) is 122 cm³/mol. The van der Waals surface area contributed by atoms with Crippen molar-refractivity contribution in [2.45, 2.75) is 12.3 Å². The zero-order valence-corrected chi connectivity index (χ0v) is 20.5. The highest BCUT2D eigenvalue weighted by Crippen LogP contribution is 2.50. The number of phenolic OH excluding ortho intramolecular Hbond substituents is 1. The van der Waals surface area contributed by atoms with E-state index < -0.39 is 68.8 Å². The van der Waals surface area contributed by atoms with Crippen molar-refractivity contribution in [3.05, 3.63) is 74.9 Å². The average molecular weight is 586 g/mol. The predicted octanol–water partition coefficient (Wildman–Crippen LogP) is 4.09. The monoisotopic (exact) mass is 585 g/mol. The van der Waals surface area contributed by atoms with E-state index in [0.717, 1.165) is 20.3 Å². The first-order chi connectivity index (χ1) is 17.4. The number of methoxy groups -OCH3 is 2. The minimum absolute atomic E-state index is 0.328. The first-order valence-corrected chi connectivity index (χ1v) is 10.8. The molecule has 3 rings (SSSR count). The molecule has 14 heteroatoms. The normalized spacial score (nSPS) is 15.8. The van der Waals surface area contributed by atoms with Crippen molar-refractivity contribution in [3.63, 3.8) is 0 Å². The Kier molecular flexibility index (Phi) is 7.68. The Bertz CT molecular complexity index is 1370. The van der Waals surface area contributed by atoms with Crippen LogP contribution in [0.4, 0.5) is 23.2 Å². The van der Waals surface area contributed by atoms with Gasteiger partial charge in [-0.25, -0.2) is 14.0 Å². The number of hydrogen-bond donors (Lipinski definition) is 2. The summed E-state index contributed by atoms with van der Waals surface area (Å²) in [4.78, 5) is 26.6. The van der Waals surface area contributed by atoms with Gasteiger partial charge in [0.15, 0.2) is 11.6 Å². The number of rotatable bonds is 5. The molecule has 0 aliphatic carbocycles. The van der Waals surface area contributed by atoms with Crippen LogP contribution < -0.4 is 15.4 Å². The lowest BCUT2D eigenvalue weighted by atomic mass is 9.81. The minimum atomic E-state index is -5.42. The molecular formula is C23H16BrF4N3O6. The molecule has 1 aliphatic rings. The molecule has 2 aromatic rings. The van der Waals surface area contributed by atoms with Crippen LogP contribution in [-0.4, -0.2) is 37.6 Å². The molecule has 9 nitrogen and oxygen atoms in total. The van der Waals surface area contributed by atoms with Gasteiger partial charge in [-0.05, 0) is 27.6 Å². The molecule has 0 saturated carbocycles. The average Bonchev–Trinajstić information content (AvgIpc) is 2.87. The van der Waals surface area contributed by atoms with E-state index in [1.807, 2.05) is 6.07 Å². The number of allylic oxidation sites excluding steroid dienone is 1. The number of carbonyl (C=O) groups is 2. The van der Waals surface area contributed by atoms with Crippen molar-refractivity contribution >= 4 is 33.6 Å². The Hall–Kier alpha value is -4.25. The van der Waals surface area contributed by atoms with Crippen molar-refractivity contribution in [2.75, 3.05) is 19.1 Å². The van der Waals surface area contributed by atoms with E-state index in [2.05, 4.69) is 20.7 Å². The fourth-order valence-electron chi connectivity index (χ4n) is 3.72. The smallest absolute Gasteiger partial charge is 0.503 e. The zero-order valence-electron chi connectivity index (χ0n) is 18.9. The number of halogens is 5. The highest BCUT2D eigenvalue weighted by Gasteiger charge is 2.45. The third-order valence-electron chi connectivity index (χ3n) is 5.20. The maximum atomic E-state index is 14.5. The van der Waals surface area contributed by atoms with E-state index in [1.54, 1.807) is 18.2 Å². The third kappa shape index (κ3) is 5.03. The lowest BCUT2D eigenvalue weighted by Crippen LogP contribution is -2.40. The number of phenols is 1. The molecule has 0 saturated heterocycles. The number of nitrogens with zero attached hydrogens (tertiary/aromatic N) is 2. The van der Waals surface area contributed by atoms with Crippen molar-refractivity contribution < 1.29 is 46.5 Å². The van der Waals surface area contributed by atoms with Gasteiger partial charge in [-0.1, -0.05) is 30.3 Å². The van der Waals surface area contributed by atoms with Crippen molar-refractivity contribution in [2.24, 2.45) is 5.73 Å². The van der Waals surface area contributed by atoms with Crippen LogP contribution in [0.15, 0.2) is 63.5 Å². The summed E-state index contributed by atoms with van der Waals surface area (Å²) in [5.74, 6) is -8.93. The van der Waals surface area contributed by atoms with Gasteiger partial charge in [0.1, 0.15) is 11.5 Å². The van der Waals surface area contributed by atoms with Crippen LogP contribution in [0.25, 0.3) is 0 Å². The molecule has 2 aromatic carbocycles. The summed E-state index contributed by atoms with van der Waals surface area (Å²) in [7, 11) is 1.93. The number of alkyl halides is 3. The number of carbonyl (C=O) groups excluding carboxylic acids is 2. The van der Waals surface area contributed by atoms with Crippen molar-refractivity contribution in [3.8, 4) is 17.6 Å². The van der Waals surface area contributed by atoms with Gasteiger partial charge in [-0.15, -0.1) is 13.2 Å². The number of hydrogen-bond acceptors (Lipinski definition) is 9. The second-order valence-corrected chi connectivity index (χ2v) is 8.11. The quantitative estimate of drug-likeness (QED) is 0.393. The first-order valence-electron chi connectivity index (χ1n) is 10.00. The van der Waals surface area contributed by atoms with Crippen LogP contribution in [0.1, 0.15) is 11.5 Å². The van der Waals surface area contributed by atoms with Crippen LogP contribution in [0.3, 0.4) is 0 Å². The molecule has 0 spiro atoms. The highest BCUT2D eigenvalue weighted by molar-refractivity contribution is 9.10. The standard InChI is InChI=1S/C23H16BrF4N3O6/c1-35-21(33)15-14(10-6-4-3-5-7-10)11(9-29)20(30)31(17(15)22(34)36-2)13-8-12(24)16(25)19(18(13)32)37-23(26,27)28/h3-8,14,32H,30H2,1-2H3. The number of anilines is 1. The van der Waals surface area contributed by atoms with Crippen molar-refractivity contribution in [1.29, 1.82) is 5.26 Å². The molecule has 3 N–H and O–H groups in total. The Balaban J connectivity index is 2.48. The maximum Gasteiger partial charge on any atom is 0.573 e. The summed E-state index contributed by atoms with van der Waals surface area (Å²) in [6.45, 7) is 0. The van der Waals surface area contributed by atoms with E-state index in [9.17, 15) is 37.5 Å². The number of ether oxygens (including phenoxy) is 3. The fraction of sp³-hybridized carbons (Fsp3) is 0.174. The molecule has 1 heterocycles. The number of nitrogens with two attached hydrogens (primary N) is 1. The molecule has 0 amide bonds. The van der Waals surface area contributed by atoms with Gasteiger partial charge < -0.3 is 25.1 Å². The second kappa shape index (κ2) is 10.4. The summed E-state index contributed by atoms with van der Waals surface area (Å²) >= 11 is 2.73. The Morgan fingerprint density at radius 2 is 1.76 bits per heavy atom. The summed E-state index contributed by atoms with van der Waals surface area (Å²) in [5, 5.41) is 20.6. The number of nitriles is 1. The molecule has 37 heavy (non-hydrogen) atoms. The summed E-state index contributed by atoms with van der Waals surface area (Å²) < 4.78 is 66.0. The van der Waals surface area contributed by atoms with Gasteiger partial charge in [-0.3, -0.25) is 4.90 Å².